The van der Waals surface area contributed by atoms with Crippen LogP contribution in [-0.4, -0.2) is 59.7 Å². The lowest BCUT2D eigenvalue weighted by Gasteiger charge is -2.19. The van der Waals surface area contributed by atoms with Crippen LogP contribution >= 0.6 is 0 Å². The minimum atomic E-state index is -1.26. The number of aliphatic carboxylic acids is 2. The van der Waals surface area contributed by atoms with Crippen molar-refractivity contribution in [3.05, 3.63) is 29.8 Å². The number of carbonyl (C=O) groups is 3. The Balaban J connectivity index is 1.58. The Hall–Kier alpha value is -2.61. The number of fused-ring (bicyclic) bond motifs is 1. The first-order valence-electron chi connectivity index (χ1n) is 7.92. The average molecular weight is 348 g/mol. The van der Waals surface area contributed by atoms with Crippen LogP contribution in [0.3, 0.4) is 0 Å². The van der Waals surface area contributed by atoms with Gasteiger partial charge in [0.25, 0.3) is 0 Å². The molecule has 0 aromatic heterocycles. The van der Waals surface area contributed by atoms with Crippen LogP contribution in [0.2, 0.25) is 0 Å². The smallest absolute Gasteiger partial charge is 0.312 e. The summed E-state index contributed by atoms with van der Waals surface area (Å²) in [6, 6.07) is 7.30. The van der Waals surface area contributed by atoms with Crippen molar-refractivity contribution in [3.8, 4) is 5.75 Å². The van der Waals surface area contributed by atoms with Gasteiger partial charge in [0.1, 0.15) is 5.75 Å². The van der Waals surface area contributed by atoms with E-state index in [1.807, 2.05) is 18.2 Å². The second-order valence-electron chi connectivity index (χ2n) is 6.69. The summed E-state index contributed by atoms with van der Waals surface area (Å²) in [5.74, 6) is -1.83. The van der Waals surface area contributed by atoms with Gasteiger partial charge in [-0.25, -0.2) is 0 Å². The summed E-state index contributed by atoms with van der Waals surface area (Å²) in [4.78, 5) is 36.7. The van der Waals surface area contributed by atoms with Crippen LogP contribution in [0.5, 0.6) is 5.75 Å². The molecule has 1 aliphatic heterocycles. The van der Waals surface area contributed by atoms with Gasteiger partial charge in [-0.2, -0.15) is 0 Å². The molecule has 0 bridgehead atoms. The van der Waals surface area contributed by atoms with Crippen LogP contribution in [0.4, 0.5) is 0 Å². The number of piperidine rings is 1. The lowest BCUT2D eigenvalue weighted by Crippen LogP contribution is -2.38. The van der Waals surface area contributed by atoms with Crippen LogP contribution in [0.25, 0.3) is 0 Å². The van der Waals surface area contributed by atoms with E-state index in [4.69, 9.17) is 4.74 Å². The van der Waals surface area contributed by atoms with E-state index in [2.05, 4.69) is 5.32 Å². The molecule has 1 saturated carbocycles. The number of methoxy groups -OCH3 is 1. The first-order valence-corrected chi connectivity index (χ1v) is 7.92. The van der Waals surface area contributed by atoms with E-state index in [1.165, 1.54) is 0 Å². The number of carbonyl (C=O) groups excluding carboxylic acids is 1. The fourth-order valence-electron chi connectivity index (χ4n) is 3.81. The van der Waals surface area contributed by atoms with Crippen molar-refractivity contribution >= 4 is 17.8 Å². The summed E-state index contributed by atoms with van der Waals surface area (Å²) in [5.41, 5.74) is -1.70. The van der Waals surface area contributed by atoms with Gasteiger partial charge in [0.15, 0.2) is 0 Å². The number of benzene rings is 1. The van der Waals surface area contributed by atoms with Gasteiger partial charge in [-0.15, -0.1) is 0 Å². The van der Waals surface area contributed by atoms with Crippen LogP contribution in [0, 0.1) is 10.8 Å². The molecule has 1 aliphatic carbocycles. The van der Waals surface area contributed by atoms with Gasteiger partial charge in [-0.05, 0) is 12.5 Å². The number of hydrogen-bond donors (Lipinski definition) is 3. The highest BCUT2D eigenvalue weighted by molar-refractivity contribution is 5.94. The summed E-state index contributed by atoms with van der Waals surface area (Å²) in [6.45, 7) is 0.414. The lowest BCUT2D eigenvalue weighted by atomic mass is 9.97. The number of para-hydroxylation sites is 1. The number of amides is 1. The van der Waals surface area contributed by atoms with E-state index in [-0.39, 0.29) is 38.5 Å². The molecule has 0 unspecified atom stereocenters. The molecular weight excluding hydrogens is 328 g/mol. The van der Waals surface area contributed by atoms with Crippen molar-refractivity contribution < 1.29 is 29.3 Å². The van der Waals surface area contributed by atoms with Crippen molar-refractivity contribution in [2.24, 2.45) is 10.8 Å². The van der Waals surface area contributed by atoms with Gasteiger partial charge < -0.3 is 20.3 Å². The van der Waals surface area contributed by atoms with Crippen molar-refractivity contribution in [3.63, 3.8) is 0 Å². The third-order valence-electron chi connectivity index (χ3n) is 5.24. The highest BCUT2D eigenvalue weighted by Gasteiger charge is 2.80. The normalized spacial score (nSPS) is 27.4. The van der Waals surface area contributed by atoms with E-state index >= 15 is 0 Å². The van der Waals surface area contributed by atoms with Crippen LogP contribution in [0.15, 0.2) is 24.3 Å². The summed E-state index contributed by atoms with van der Waals surface area (Å²) >= 11 is 0. The zero-order valence-electron chi connectivity index (χ0n) is 13.8. The molecule has 2 atom stereocenters. The average Bonchev–Trinajstić information content (AvgIpc) is 3.12. The van der Waals surface area contributed by atoms with E-state index in [0.29, 0.717) is 5.75 Å². The predicted octanol–water partition coefficient (Wildman–Crippen LogP) is 0.173. The SMILES string of the molecule is COc1ccccc1CNC(=O)CN1C[C@@]2(C(=O)O)C[C@@]2(C(=O)O)C1. The molecule has 25 heavy (non-hydrogen) atoms. The maximum atomic E-state index is 12.2. The standard InChI is InChI=1S/C17H20N2O6/c1-25-12-5-3-2-4-11(12)6-18-13(20)7-19-9-16(14(21)22)8-17(16,10-19)15(23)24/h2-5H,6-10H2,1H3,(H,18,20)(H,21,22)(H,23,24)/t16-,17+. The third-order valence-corrected chi connectivity index (χ3v) is 5.24. The van der Waals surface area contributed by atoms with Gasteiger partial charge in [-0.1, -0.05) is 18.2 Å². The van der Waals surface area contributed by atoms with Crippen molar-refractivity contribution in [1.29, 1.82) is 0 Å². The second kappa shape index (κ2) is 6.03. The molecule has 2 aliphatic rings. The largest absolute Gasteiger partial charge is 0.496 e. The Bertz CT molecular complexity index is 708. The molecule has 1 saturated heterocycles. The highest BCUT2D eigenvalue weighted by Crippen LogP contribution is 2.68. The molecule has 1 aromatic carbocycles. The molecule has 1 aromatic rings. The molecule has 134 valence electrons. The lowest BCUT2D eigenvalue weighted by molar-refractivity contribution is -0.151. The molecule has 8 nitrogen and oxygen atoms in total. The Morgan fingerprint density at radius 1 is 1.16 bits per heavy atom. The van der Waals surface area contributed by atoms with Crippen molar-refractivity contribution in [1.82, 2.24) is 10.2 Å². The first kappa shape index (κ1) is 17.2. The number of nitrogens with zero attached hydrogens (tertiary/aromatic N) is 1. The summed E-state index contributed by atoms with van der Waals surface area (Å²) < 4.78 is 5.22. The van der Waals surface area contributed by atoms with Crippen LogP contribution < -0.4 is 10.1 Å². The van der Waals surface area contributed by atoms with Gasteiger partial charge in [0.05, 0.1) is 24.5 Å². The van der Waals surface area contributed by atoms with Gasteiger partial charge in [-0.3, -0.25) is 19.3 Å². The zero-order chi connectivity index (χ0) is 18.2. The van der Waals surface area contributed by atoms with Gasteiger partial charge in [0.2, 0.25) is 5.91 Å². The summed E-state index contributed by atoms with van der Waals surface area (Å²) in [5, 5.41) is 21.5. The van der Waals surface area contributed by atoms with Crippen molar-refractivity contribution in [2.75, 3.05) is 26.7 Å². The van der Waals surface area contributed by atoms with E-state index < -0.39 is 22.8 Å². The first-order chi connectivity index (χ1) is 11.8. The van der Waals surface area contributed by atoms with Crippen LogP contribution in [0.1, 0.15) is 12.0 Å². The van der Waals surface area contributed by atoms with Crippen molar-refractivity contribution in [2.45, 2.75) is 13.0 Å². The zero-order valence-corrected chi connectivity index (χ0v) is 13.8. The van der Waals surface area contributed by atoms with Gasteiger partial charge >= 0.3 is 11.9 Å². The number of carboxylic acid groups (broad SMARTS) is 2. The number of carboxylic acids is 2. The second-order valence-corrected chi connectivity index (χ2v) is 6.69. The predicted molar refractivity (Wildman–Crippen MR) is 86.0 cm³/mol. The number of ether oxygens (including phenoxy) is 1. The summed E-state index contributed by atoms with van der Waals surface area (Å²) in [6.07, 6.45) is 0.129. The Morgan fingerprint density at radius 2 is 1.76 bits per heavy atom. The topological polar surface area (TPSA) is 116 Å². The Labute approximate surface area is 144 Å². The number of rotatable bonds is 7. The fraction of sp³-hybridized carbons (Fsp3) is 0.471. The quantitative estimate of drug-likeness (QED) is 0.643. The monoisotopic (exact) mass is 348 g/mol. The number of nitrogens with one attached hydrogen (secondary N) is 1. The van der Waals surface area contributed by atoms with E-state index in [9.17, 15) is 24.6 Å². The highest BCUT2D eigenvalue weighted by atomic mass is 16.5. The molecule has 8 heteroatoms. The fourth-order valence-corrected chi connectivity index (χ4v) is 3.81. The van der Waals surface area contributed by atoms with Gasteiger partial charge in [0, 0.05) is 25.2 Å². The third kappa shape index (κ3) is 2.72. The molecule has 0 radical (unpaired) electrons. The maximum Gasteiger partial charge on any atom is 0.312 e. The number of hydrogen-bond acceptors (Lipinski definition) is 5. The summed E-state index contributed by atoms with van der Waals surface area (Å²) in [7, 11) is 1.55. The molecule has 0 spiro atoms. The molecule has 3 N–H and O–H groups in total. The number of likely N-dealkylation sites (tertiary alicyclic amines) is 1. The minimum absolute atomic E-state index is 0.0286. The molecule has 3 rings (SSSR count). The van der Waals surface area contributed by atoms with E-state index in [0.717, 1.165) is 5.56 Å². The van der Waals surface area contributed by atoms with Crippen LogP contribution in [-0.2, 0) is 20.9 Å². The molecule has 1 amide bonds. The van der Waals surface area contributed by atoms with E-state index in [1.54, 1.807) is 18.1 Å². The Morgan fingerprint density at radius 3 is 2.32 bits per heavy atom. The Kier molecular flexibility index (Phi) is 4.16. The minimum Gasteiger partial charge on any atom is -0.496 e. The molecule has 1 heterocycles. The molecular formula is C17H20N2O6. The molecule has 2 fully saturated rings. The maximum absolute atomic E-state index is 12.2.